The number of carbonyl (C=O) groups is 2. The van der Waals surface area contributed by atoms with Gasteiger partial charge in [0.1, 0.15) is 5.41 Å². The van der Waals surface area contributed by atoms with Gasteiger partial charge in [-0.3, -0.25) is 4.79 Å². The molecule has 0 bridgehead atoms. The zero-order chi connectivity index (χ0) is 15.8. The molecule has 0 heterocycles. The van der Waals surface area contributed by atoms with Crippen LogP contribution in [0.4, 0.5) is 4.79 Å². The number of nitrogens with one attached hydrogen (secondary N) is 2. The van der Waals surface area contributed by atoms with Crippen molar-refractivity contribution in [3.63, 3.8) is 0 Å². The number of carbonyl (C=O) groups excluding carboxylic acids is 2. The summed E-state index contributed by atoms with van der Waals surface area (Å²) >= 11 is 0. The van der Waals surface area contributed by atoms with Crippen LogP contribution in [0.25, 0.3) is 0 Å². The number of hydrogen-bond donors (Lipinski definition) is 2. The summed E-state index contributed by atoms with van der Waals surface area (Å²) in [6, 6.07) is 1.73. The van der Waals surface area contributed by atoms with Crippen LogP contribution in [0.5, 0.6) is 0 Å². The Balaban J connectivity index is 4.48. The molecular formula is C14H25N3O3. The molecule has 114 valence electrons. The minimum absolute atomic E-state index is 0.215. The van der Waals surface area contributed by atoms with Crippen molar-refractivity contribution in [1.29, 1.82) is 5.26 Å². The van der Waals surface area contributed by atoms with E-state index in [1.54, 1.807) is 20.8 Å². The predicted octanol–water partition coefficient (Wildman–Crippen LogP) is 1.81. The highest BCUT2D eigenvalue weighted by Gasteiger charge is 2.27. The van der Waals surface area contributed by atoms with Crippen LogP contribution in [0, 0.1) is 22.7 Å². The van der Waals surface area contributed by atoms with Crippen LogP contribution in [0.2, 0.25) is 0 Å². The van der Waals surface area contributed by atoms with Gasteiger partial charge < -0.3 is 15.4 Å². The average Bonchev–Trinajstić information content (AvgIpc) is 2.35. The van der Waals surface area contributed by atoms with Gasteiger partial charge in [0.15, 0.2) is 0 Å². The van der Waals surface area contributed by atoms with Crippen LogP contribution in [-0.2, 0) is 9.53 Å². The molecule has 0 spiro atoms. The number of nitrogens with zero attached hydrogens (tertiary/aromatic N) is 1. The molecule has 0 radical (unpaired) electrons. The van der Waals surface area contributed by atoms with E-state index >= 15 is 0 Å². The van der Waals surface area contributed by atoms with Crippen molar-refractivity contribution in [2.24, 2.45) is 11.3 Å². The van der Waals surface area contributed by atoms with E-state index in [4.69, 9.17) is 10.00 Å². The summed E-state index contributed by atoms with van der Waals surface area (Å²) in [5.41, 5.74) is -1.08. The monoisotopic (exact) mass is 283 g/mol. The fourth-order valence-electron chi connectivity index (χ4n) is 1.59. The Kier molecular flexibility index (Phi) is 7.67. The van der Waals surface area contributed by atoms with Gasteiger partial charge in [0.25, 0.3) is 0 Å². The van der Waals surface area contributed by atoms with E-state index in [2.05, 4.69) is 10.6 Å². The Morgan fingerprint density at radius 1 is 1.35 bits per heavy atom. The number of amides is 2. The Morgan fingerprint density at radius 2 is 1.95 bits per heavy atom. The Morgan fingerprint density at radius 3 is 2.40 bits per heavy atom. The summed E-state index contributed by atoms with van der Waals surface area (Å²) in [6.45, 7) is 9.47. The minimum atomic E-state index is -1.08. The van der Waals surface area contributed by atoms with E-state index in [0.717, 1.165) is 0 Å². The number of ether oxygens (including phenoxy) is 1. The van der Waals surface area contributed by atoms with Crippen LogP contribution < -0.4 is 10.6 Å². The fourth-order valence-corrected chi connectivity index (χ4v) is 1.59. The SMILES string of the molecule is CCOC(=O)NC(CNC(=O)C(C)(C)C#N)CC(C)C. The molecule has 1 atom stereocenters. The van der Waals surface area contributed by atoms with E-state index in [9.17, 15) is 9.59 Å². The van der Waals surface area contributed by atoms with Gasteiger partial charge in [-0.1, -0.05) is 13.8 Å². The number of alkyl carbamates (subject to hydrolysis) is 1. The highest BCUT2D eigenvalue weighted by atomic mass is 16.5. The first kappa shape index (κ1) is 18.2. The highest BCUT2D eigenvalue weighted by Crippen LogP contribution is 2.13. The second-order valence-electron chi connectivity index (χ2n) is 5.64. The smallest absolute Gasteiger partial charge is 0.407 e. The molecule has 0 saturated heterocycles. The van der Waals surface area contributed by atoms with E-state index in [-0.39, 0.29) is 18.5 Å². The topological polar surface area (TPSA) is 91.2 Å². The second kappa shape index (κ2) is 8.41. The molecule has 0 aliphatic carbocycles. The lowest BCUT2D eigenvalue weighted by Crippen LogP contribution is -2.47. The predicted molar refractivity (Wildman–Crippen MR) is 75.8 cm³/mol. The van der Waals surface area contributed by atoms with Crippen molar-refractivity contribution >= 4 is 12.0 Å². The summed E-state index contributed by atoms with van der Waals surface area (Å²) in [5, 5.41) is 14.3. The fraction of sp³-hybridized carbons (Fsp3) is 0.786. The molecule has 0 fully saturated rings. The molecule has 6 nitrogen and oxygen atoms in total. The second-order valence-corrected chi connectivity index (χ2v) is 5.64. The average molecular weight is 283 g/mol. The van der Waals surface area contributed by atoms with E-state index < -0.39 is 11.5 Å². The standard InChI is InChI=1S/C14H25N3O3/c1-6-20-13(19)17-11(7-10(2)3)8-16-12(18)14(4,5)9-15/h10-11H,6-8H2,1-5H3,(H,16,18)(H,17,19). The van der Waals surface area contributed by atoms with Gasteiger partial charge in [0, 0.05) is 12.6 Å². The third-order valence-corrected chi connectivity index (χ3v) is 2.71. The zero-order valence-electron chi connectivity index (χ0n) is 12.9. The van der Waals surface area contributed by atoms with Crippen LogP contribution in [-0.4, -0.2) is 31.2 Å². The molecule has 2 amide bonds. The lowest BCUT2D eigenvalue weighted by atomic mass is 9.94. The van der Waals surface area contributed by atoms with Gasteiger partial charge in [-0.2, -0.15) is 5.26 Å². The summed E-state index contributed by atoms with van der Waals surface area (Å²) in [5.74, 6) is 0.0159. The van der Waals surface area contributed by atoms with Crippen LogP contribution >= 0.6 is 0 Å². The summed E-state index contributed by atoms with van der Waals surface area (Å²) in [4.78, 5) is 23.3. The highest BCUT2D eigenvalue weighted by molar-refractivity contribution is 5.84. The minimum Gasteiger partial charge on any atom is -0.450 e. The molecule has 0 rings (SSSR count). The van der Waals surface area contributed by atoms with Crippen molar-refractivity contribution in [3.05, 3.63) is 0 Å². The molecule has 0 aliphatic heterocycles. The molecular weight excluding hydrogens is 258 g/mol. The Bertz CT molecular complexity index is 372. The van der Waals surface area contributed by atoms with E-state index in [0.29, 0.717) is 18.9 Å². The summed E-state index contributed by atoms with van der Waals surface area (Å²) in [6.07, 6.45) is 0.221. The summed E-state index contributed by atoms with van der Waals surface area (Å²) in [7, 11) is 0. The maximum atomic E-state index is 11.8. The van der Waals surface area contributed by atoms with Crippen molar-refractivity contribution in [3.8, 4) is 6.07 Å². The molecule has 0 aliphatic rings. The largest absolute Gasteiger partial charge is 0.450 e. The molecule has 2 N–H and O–H groups in total. The van der Waals surface area contributed by atoms with Gasteiger partial charge in [-0.15, -0.1) is 0 Å². The van der Waals surface area contributed by atoms with Crippen LogP contribution in [0.15, 0.2) is 0 Å². The van der Waals surface area contributed by atoms with Crippen molar-refractivity contribution in [1.82, 2.24) is 10.6 Å². The first-order valence-electron chi connectivity index (χ1n) is 6.85. The van der Waals surface area contributed by atoms with Gasteiger partial charge in [-0.05, 0) is 33.1 Å². The Hall–Kier alpha value is -1.77. The van der Waals surface area contributed by atoms with Gasteiger partial charge in [0.05, 0.1) is 12.7 Å². The third kappa shape index (κ3) is 6.98. The van der Waals surface area contributed by atoms with Crippen molar-refractivity contribution in [2.45, 2.75) is 47.1 Å². The molecule has 0 aromatic carbocycles. The Labute approximate surface area is 120 Å². The quantitative estimate of drug-likeness (QED) is 0.745. The van der Waals surface area contributed by atoms with Gasteiger partial charge >= 0.3 is 6.09 Å². The zero-order valence-corrected chi connectivity index (χ0v) is 12.9. The molecule has 6 heteroatoms. The first-order valence-corrected chi connectivity index (χ1v) is 6.85. The van der Waals surface area contributed by atoms with Crippen molar-refractivity contribution in [2.75, 3.05) is 13.2 Å². The maximum absolute atomic E-state index is 11.8. The lowest BCUT2D eigenvalue weighted by Gasteiger charge is -2.22. The lowest BCUT2D eigenvalue weighted by molar-refractivity contribution is -0.126. The third-order valence-electron chi connectivity index (χ3n) is 2.71. The van der Waals surface area contributed by atoms with E-state index in [1.807, 2.05) is 19.9 Å². The normalized spacial score (nSPS) is 12.4. The number of nitriles is 1. The molecule has 20 heavy (non-hydrogen) atoms. The van der Waals surface area contributed by atoms with Crippen molar-refractivity contribution < 1.29 is 14.3 Å². The number of rotatable bonds is 7. The van der Waals surface area contributed by atoms with E-state index in [1.165, 1.54) is 0 Å². The maximum Gasteiger partial charge on any atom is 0.407 e. The van der Waals surface area contributed by atoms with Gasteiger partial charge in [-0.25, -0.2) is 4.79 Å². The van der Waals surface area contributed by atoms with Gasteiger partial charge in [0.2, 0.25) is 5.91 Å². The van der Waals surface area contributed by atoms with Crippen LogP contribution in [0.3, 0.4) is 0 Å². The first-order chi connectivity index (χ1) is 9.22. The molecule has 1 unspecified atom stereocenters. The number of hydrogen-bond acceptors (Lipinski definition) is 4. The summed E-state index contributed by atoms with van der Waals surface area (Å²) < 4.78 is 4.83. The molecule has 0 saturated carbocycles. The molecule has 0 aromatic rings. The van der Waals surface area contributed by atoms with Crippen LogP contribution in [0.1, 0.15) is 41.0 Å². The molecule has 0 aromatic heterocycles.